The Bertz CT molecular complexity index is 2500. The number of nitrogens with zero attached hydrogens (tertiary/aromatic N) is 4. The largest absolute Gasteiger partial charge is 0.497 e. The highest BCUT2D eigenvalue weighted by molar-refractivity contribution is 5.33. The molecule has 8 unspecified atom stereocenters. The summed E-state index contributed by atoms with van der Waals surface area (Å²) in [5.41, 5.74) is 3.50. The summed E-state index contributed by atoms with van der Waals surface area (Å²) < 4.78 is 5.24. The molecule has 488 valence electrons. The van der Waals surface area contributed by atoms with Gasteiger partial charge in [-0.15, -0.1) is 0 Å². The second kappa shape index (κ2) is 35.4. The smallest absolute Gasteiger partial charge is 0.118 e. The van der Waals surface area contributed by atoms with Gasteiger partial charge in [-0.1, -0.05) is 193 Å². The van der Waals surface area contributed by atoms with Crippen LogP contribution in [0.4, 0.5) is 0 Å². The Kier molecular flexibility index (Phi) is 27.7. The van der Waals surface area contributed by atoms with E-state index >= 15 is 0 Å². The molecule has 9 nitrogen and oxygen atoms in total. The number of likely N-dealkylation sites (tertiary alicyclic amines) is 4. The molecule has 0 amide bonds. The van der Waals surface area contributed by atoms with Crippen molar-refractivity contribution in [1.29, 1.82) is 0 Å². The Morgan fingerprint density at radius 2 is 0.659 bits per heavy atom. The molecule has 4 heterocycles. The summed E-state index contributed by atoms with van der Waals surface area (Å²) in [6.07, 6.45) is 40.6. The summed E-state index contributed by atoms with van der Waals surface area (Å²) in [7, 11) is 1.68. The molecule has 4 aromatic rings. The van der Waals surface area contributed by atoms with E-state index < -0.39 is 22.4 Å². The molecule has 4 aliphatic carbocycles. The highest BCUT2D eigenvalue weighted by atomic mass is 16.5. The van der Waals surface area contributed by atoms with Crippen molar-refractivity contribution in [3.63, 3.8) is 0 Å². The summed E-state index contributed by atoms with van der Waals surface area (Å²) in [6, 6.07) is 37.6. The summed E-state index contributed by atoms with van der Waals surface area (Å²) in [5, 5.41) is 45.7. The third-order valence-electron chi connectivity index (χ3n) is 22.8. The number of hydrogen-bond acceptors (Lipinski definition) is 9. The lowest BCUT2D eigenvalue weighted by Gasteiger charge is -2.38. The van der Waals surface area contributed by atoms with E-state index in [4.69, 9.17) is 4.74 Å². The van der Waals surface area contributed by atoms with Crippen molar-refractivity contribution >= 4 is 0 Å². The van der Waals surface area contributed by atoms with E-state index in [0.717, 1.165) is 106 Å². The minimum absolute atomic E-state index is 0.360. The highest BCUT2D eigenvalue weighted by Gasteiger charge is 2.45. The predicted octanol–water partition coefficient (Wildman–Crippen LogP) is 16.2. The van der Waals surface area contributed by atoms with Gasteiger partial charge in [-0.2, -0.15) is 0 Å². The van der Waals surface area contributed by atoms with E-state index in [1.165, 1.54) is 218 Å². The first-order valence-corrected chi connectivity index (χ1v) is 36.6. The molecule has 12 rings (SSSR count). The number of methoxy groups -OCH3 is 1. The van der Waals surface area contributed by atoms with E-state index in [1.807, 2.05) is 30.3 Å². The first-order valence-electron chi connectivity index (χ1n) is 36.6. The van der Waals surface area contributed by atoms with E-state index in [2.05, 4.69) is 105 Å². The lowest BCUT2D eigenvalue weighted by molar-refractivity contribution is -0.0428. The van der Waals surface area contributed by atoms with Crippen LogP contribution in [0.1, 0.15) is 233 Å². The number of aryl methyl sites for hydroxylation is 1. The van der Waals surface area contributed by atoms with Crippen LogP contribution < -0.4 is 4.74 Å². The van der Waals surface area contributed by atoms with Crippen LogP contribution in [0.25, 0.3) is 0 Å². The summed E-state index contributed by atoms with van der Waals surface area (Å²) in [4.78, 5) is 10.4. The average Bonchev–Trinajstić information content (AvgIpc) is 2.71. The van der Waals surface area contributed by atoms with Gasteiger partial charge in [0, 0.05) is 56.3 Å². The molecule has 0 radical (unpaired) electrons. The lowest BCUT2D eigenvalue weighted by atomic mass is 9.77. The second-order valence-electron chi connectivity index (χ2n) is 29.1. The van der Waals surface area contributed by atoms with Gasteiger partial charge in [0.15, 0.2) is 0 Å². The number of ether oxygens (including phenoxy) is 1. The number of benzene rings is 4. The lowest BCUT2D eigenvalue weighted by Crippen LogP contribution is -2.45. The number of rotatable bonds is 14. The van der Waals surface area contributed by atoms with E-state index in [1.54, 1.807) is 7.11 Å². The van der Waals surface area contributed by atoms with Crippen LogP contribution in [0.3, 0.4) is 0 Å². The molecule has 4 aliphatic heterocycles. The minimum Gasteiger partial charge on any atom is -0.497 e. The maximum absolute atomic E-state index is 11.6. The molecule has 0 bridgehead atoms. The molecule has 4 saturated heterocycles. The van der Waals surface area contributed by atoms with Crippen LogP contribution >= 0.6 is 0 Å². The fourth-order valence-electron chi connectivity index (χ4n) is 17.3. The van der Waals surface area contributed by atoms with Crippen molar-refractivity contribution in [1.82, 2.24) is 19.6 Å². The van der Waals surface area contributed by atoms with Crippen molar-refractivity contribution in [2.75, 3.05) is 85.6 Å². The molecular weight excluding hydrogens is 1080 g/mol. The van der Waals surface area contributed by atoms with Gasteiger partial charge in [0.25, 0.3) is 0 Å². The molecule has 4 saturated carbocycles. The van der Waals surface area contributed by atoms with Crippen molar-refractivity contribution in [2.24, 2.45) is 23.7 Å². The van der Waals surface area contributed by atoms with Gasteiger partial charge in [-0.25, -0.2) is 0 Å². The zero-order chi connectivity index (χ0) is 61.3. The normalized spacial score (nSPS) is 30.8. The molecule has 8 aliphatic rings. The third kappa shape index (κ3) is 19.9. The van der Waals surface area contributed by atoms with Crippen LogP contribution in [-0.2, 0) is 23.2 Å². The monoisotopic (exact) mass is 1210 g/mol. The molecule has 0 spiro atoms. The Balaban J connectivity index is 0.000000140. The topological polar surface area (TPSA) is 103 Å². The maximum Gasteiger partial charge on any atom is 0.118 e. The predicted molar refractivity (Wildman–Crippen MR) is 365 cm³/mol. The highest BCUT2D eigenvalue weighted by Crippen LogP contribution is 2.47. The zero-order valence-corrected chi connectivity index (χ0v) is 55.5. The van der Waals surface area contributed by atoms with Gasteiger partial charge in [0.2, 0.25) is 0 Å². The fraction of sp³-hybridized carbons (Fsp3) is 0.696. The summed E-state index contributed by atoms with van der Waals surface area (Å²) in [5.74, 6) is 2.44. The number of aliphatic hydroxyl groups is 4. The van der Waals surface area contributed by atoms with E-state index in [0.29, 0.717) is 23.7 Å². The zero-order valence-electron chi connectivity index (χ0n) is 55.5. The van der Waals surface area contributed by atoms with Gasteiger partial charge < -0.3 is 44.8 Å². The van der Waals surface area contributed by atoms with Gasteiger partial charge in [-0.3, -0.25) is 0 Å². The Morgan fingerprint density at radius 3 is 1.07 bits per heavy atom. The van der Waals surface area contributed by atoms with Crippen LogP contribution in [0.15, 0.2) is 109 Å². The molecule has 8 fully saturated rings. The first kappa shape index (κ1) is 68.7. The second-order valence-corrected chi connectivity index (χ2v) is 29.1. The van der Waals surface area contributed by atoms with E-state index in [9.17, 15) is 20.4 Å². The Hall–Kier alpha value is -3.64. The van der Waals surface area contributed by atoms with Crippen LogP contribution in [0.2, 0.25) is 0 Å². The molecule has 4 aromatic carbocycles. The molecule has 8 atom stereocenters. The molecule has 88 heavy (non-hydrogen) atoms. The molecular formula is C79H122N4O5. The number of hydrogen-bond donors (Lipinski definition) is 4. The maximum atomic E-state index is 11.6. The van der Waals surface area contributed by atoms with Crippen molar-refractivity contribution < 1.29 is 25.2 Å². The van der Waals surface area contributed by atoms with Crippen LogP contribution in [0, 0.1) is 30.6 Å². The fourth-order valence-corrected chi connectivity index (χ4v) is 17.3. The Morgan fingerprint density at radius 1 is 0.341 bits per heavy atom. The van der Waals surface area contributed by atoms with E-state index in [-0.39, 0.29) is 0 Å². The van der Waals surface area contributed by atoms with Crippen molar-refractivity contribution in [2.45, 2.75) is 241 Å². The average molecular weight is 1210 g/mol. The summed E-state index contributed by atoms with van der Waals surface area (Å²) in [6.45, 7) is 16.2. The van der Waals surface area contributed by atoms with Crippen LogP contribution in [0.5, 0.6) is 5.75 Å². The quantitative estimate of drug-likeness (QED) is 0.0920. The van der Waals surface area contributed by atoms with Gasteiger partial charge in [0.1, 0.15) is 5.75 Å². The van der Waals surface area contributed by atoms with Crippen molar-refractivity contribution in [3.05, 3.63) is 137 Å². The molecule has 9 heteroatoms. The van der Waals surface area contributed by atoms with Gasteiger partial charge >= 0.3 is 0 Å². The summed E-state index contributed by atoms with van der Waals surface area (Å²) >= 11 is 0. The molecule has 0 aromatic heterocycles. The van der Waals surface area contributed by atoms with Gasteiger partial charge in [-0.05, 0) is 209 Å². The SMILES string of the molecule is COc1ccc(C2(O)CCCC2CN2CCCCCC2)cc1.Cc1ccc(C2(O)CCCC2CN2CCCCCC2)cc1.OC1(Cc2ccccc2)CCCCCC1CN1CCCCCC1.OC1(c2ccccc2)CCCCCC1CN1CCCCCC1. The molecule has 4 N–H and O–H groups in total. The van der Waals surface area contributed by atoms with Gasteiger partial charge in [0.05, 0.1) is 29.5 Å². The standard InChI is InChI=1S/C21H33NO.C20H31NO.C19H29NO2.C19H29NO/c23-21(17-19-11-5-3-6-12-19)14-8-4-7-13-20(21)18-22-15-9-1-2-10-16-22;22-20(18-11-5-3-6-12-18)14-8-4-7-13-19(20)17-21-15-9-1-2-10-16-21;1-22-18-10-8-16(9-11-18)19(21)12-6-7-17(19)15-20-13-4-2-3-5-14-20;1-16-8-10-17(11-9-16)19(21)12-6-7-18(19)15-20-13-4-2-3-5-14-20/h3,5-6,11-12,20,23H,1-2,4,7-10,13-18H2;3,5-6,11-12,19,22H,1-2,4,7-10,13-17H2;8-11,17,21H,2-7,12-15H2,1H3;8-11,18,21H,2-7,12-15H2,1H3. The van der Waals surface area contributed by atoms with Crippen molar-refractivity contribution in [3.8, 4) is 5.75 Å². The first-order chi connectivity index (χ1) is 43.0. The third-order valence-corrected chi connectivity index (χ3v) is 22.8. The minimum atomic E-state index is -0.654. The van der Waals surface area contributed by atoms with Crippen LogP contribution in [-0.4, -0.2) is 131 Å². The Labute approximate surface area is 535 Å².